The normalized spacial score (nSPS) is 17.5. The van der Waals surface area contributed by atoms with Crippen LogP contribution in [0.4, 0.5) is 8.78 Å². The van der Waals surface area contributed by atoms with Gasteiger partial charge in [0, 0.05) is 32.7 Å². The van der Waals surface area contributed by atoms with Gasteiger partial charge in [-0.2, -0.15) is 4.31 Å². The minimum atomic E-state index is -3.87. The van der Waals surface area contributed by atoms with Gasteiger partial charge >= 0.3 is 5.97 Å². The van der Waals surface area contributed by atoms with Crippen LogP contribution in [0.25, 0.3) is 0 Å². The highest BCUT2D eigenvalue weighted by Gasteiger charge is 2.29. The van der Waals surface area contributed by atoms with Crippen molar-refractivity contribution in [3.05, 3.63) is 29.8 Å². The number of rotatable bonds is 5. The van der Waals surface area contributed by atoms with E-state index in [4.69, 9.17) is 5.11 Å². The van der Waals surface area contributed by atoms with Crippen LogP contribution in [-0.4, -0.2) is 61.4 Å². The van der Waals surface area contributed by atoms with Crippen LogP contribution in [-0.2, 0) is 14.8 Å². The predicted molar refractivity (Wildman–Crippen MR) is 73.8 cm³/mol. The van der Waals surface area contributed by atoms with Gasteiger partial charge in [-0.05, 0) is 18.2 Å². The van der Waals surface area contributed by atoms with Crippen LogP contribution in [0.2, 0.25) is 0 Å². The molecule has 1 aromatic carbocycles. The number of benzene rings is 1. The highest BCUT2D eigenvalue weighted by Crippen LogP contribution is 2.19. The molecule has 6 nitrogen and oxygen atoms in total. The summed E-state index contributed by atoms with van der Waals surface area (Å²) in [6.45, 7) is 1.52. The lowest BCUT2D eigenvalue weighted by atomic mass is 10.3. The van der Waals surface area contributed by atoms with Gasteiger partial charge in [0.15, 0.2) is 11.6 Å². The van der Waals surface area contributed by atoms with Gasteiger partial charge in [-0.25, -0.2) is 17.2 Å². The van der Waals surface area contributed by atoms with E-state index in [1.54, 1.807) is 0 Å². The fraction of sp³-hybridized carbons (Fsp3) is 0.462. The highest BCUT2D eigenvalue weighted by atomic mass is 32.2. The van der Waals surface area contributed by atoms with Crippen LogP contribution in [0.5, 0.6) is 0 Å². The van der Waals surface area contributed by atoms with Gasteiger partial charge in [-0.1, -0.05) is 0 Å². The second kappa shape index (κ2) is 6.67. The van der Waals surface area contributed by atoms with Gasteiger partial charge in [0.05, 0.1) is 11.3 Å². The number of carboxylic acid groups (broad SMARTS) is 1. The summed E-state index contributed by atoms with van der Waals surface area (Å²) in [5, 5.41) is 8.62. The van der Waals surface area contributed by atoms with Crippen LogP contribution >= 0.6 is 0 Å². The van der Waals surface area contributed by atoms with E-state index >= 15 is 0 Å². The van der Waals surface area contributed by atoms with Gasteiger partial charge in [0.2, 0.25) is 10.0 Å². The molecule has 0 aromatic heterocycles. The minimum absolute atomic E-state index is 0.00404. The number of hydrogen-bond donors (Lipinski definition) is 1. The zero-order valence-electron chi connectivity index (χ0n) is 11.7. The van der Waals surface area contributed by atoms with Crippen molar-refractivity contribution < 1.29 is 27.1 Å². The Hall–Kier alpha value is -1.58. The van der Waals surface area contributed by atoms with E-state index < -0.39 is 27.6 Å². The molecule has 2 rings (SSSR count). The Balaban J connectivity index is 2.03. The number of piperazine rings is 1. The molecular weight excluding hydrogens is 318 g/mol. The third-order valence-electron chi connectivity index (χ3n) is 3.50. The summed E-state index contributed by atoms with van der Waals surface area (Å²) < 4.78 is 52.0. The average molecular weight is 334 g/mol. The summed E-state index contributed by atoms with van der Waals surface area (Å²) in [4.78, 5) is 12.1. The summed E-state index contributed by atoms with van der Waals surface area (Å²) in [7, 11) is -3.87. The van der Waals surface area contributed by atoms with Gasteiger partial charge in [-0.15, -0.1) is 0 Å². The largest absolute Gasteiger partial charge is 0.481 e. The predicted octanol–water partition coefficient (Wildman–Crippen LogP) is 0.746. The molecule has 0 bridgehead atoms. The Morgan fingerprint density at radius 1 is 1.14 bits per heavy atom. The molecule has 1 aliphatic heterocycles. The Morgan fingerprint density at radius 3 is 2.32 bits per heavy atom. The monoisotopic (exact) mass is 334 g/mol. The lowest BCUT2D eigenvalue weighted by Gasteiger charge is -2.33. The van der Waals surface area contributed by atoms with Gasteiger partial charge in [0.25, 0.3) is 0 Å². The van der Waals surface area contributed by atoms with E-state index in [1.807, 2.05) is 4.90 Å². The van der Waals surface area contributed by atoms with Gasteiger partial charge in [0.1, 0.15) is 0 Å². The van der Waals surface area contributed by atoms with Crippen molar-refractivity contribution in [2.24, 2.45) is 0 Å². The van der Waals surface area contributed by atoms with Crippen molar-refractivity contribution >= 4 is 16.0 Å². The first kappa shape index (κ1) is 16.8. The number of aliphatic carboxylic acids is 1. The summed E-state index contributed by atoms with van der Waals surface area (Å²) >= 11 is 0. The molecule has 1 aromatic rings. The molecule has 0 spiro atoms. The molecule has 0 unspecified atom stereocenters. The van der Waals surface area contributed by atoms with E-state index in [0.29, 0.717) is 25.7 Å². The van der Waals surface area contributed by atoms with E-state index in [2.05, 4.69) is 0 Å². The molecule has 0 aliphatic carbocycles. The molecule has 9 heteroatoms. The average Bonchev–Trinajstić information content (AvgIpc) is 2.48. The fourth-order valence-corrected chi connectivity index (χ4v) is 3.67. The number of sulfonamides is 1. The lowest BCUT2D eigenvalue weighted by Crippen LogP contribution is -2.48. The third kappa shape index (κ3) is 3.79. The van der Waals surface area contributed by atoms with Gasteiger partial charge in [-0.3, -0.25) is 4.79 Å². The molecule has 22 heavy (non-hydrogen) atoms. The quantitative estimate of drug-likeness (QED) is 0.860. The van der Waals surface area contributed by atoms with Crippen LogP contribution in [0.15, 0.2) is 23.1 Å². The van der Waals surface area contributed by atoms with Crippen molar-refractivity contribution in [3.63, 3.8) is 0 Å². The van der Waals surface area contributed by atoms with Crippen LogP contribution in [0, 0.1) is 11.6 Å². The lowest BCUT2D eigenvalue weighted by molar-refractivity contribution is -0.137. The Bertz CT molecular complexity index is 658. The summed E-state index contributed by atoms with van der Waals surface area (Å²) in [5.41, 5.74) is 0. The smallest absolute Gasteiger partial charge is 0.304 e. The van der Waals surface area contributed by atoms with E-state index in [9.17, 15) is 22.0 Å². The van der Waals surface area contributed by atoms with Crippen molar-refractivity contribution in [2.75, 3.05) is 32.7 Å². The Kier molecular flexibility index (Phi) is 5.09. The Labute approximate surface area is 127 Å². The third-order valence-corrected chi connectivity index (χ3v) is 5.40. The summed E-state index contributed by atoms with van der Waals surface area (Å²) in [6, 6.07) is 2.48. The van der Waals surface area contributed by atoms with E-state index in [1.165, 1.54) is 4.31 Å². The molecule has 122 valence electrons. The molecule has 1 heterocycles. The highest BCUT2D eigenvalue weighted by molar-refractivity contribution is 7.89. The maximum absolute atomic E-state index is 13.2. The zero-order valence-corrected chi connectivity index (χ0v) is 12.5. The van der Waals surface area contributed by atoms with Crippen LogP contribution in [0.3, 0.4) is 0 Å². The van der Waals surface area contributed by atoms with Crippen molar-refractivity contribution in [1.82, 2.24) is 9.21 Å². The van der Waals surface area contributed by atoms with Crippen molar-refractivity contribution in [2.45, 2.75) is 11.3 Å². The Morgan fingerprint density at radius 2 is 1.77 bits per heavy atom. The van der Waals surface area contributed by atoms with Crippen molar-refractivity contribution in [1.29, 1.82) is 0 Å². The van der Waals surface area contributed by atoms with Crippen LogP contribution < -0.4 is 0 Å². The molecule has 0 radical (unpaired) electrons. The second-order valence-electron chi connectivity index (χ2n) is 4.97. The summed E-state index contributed by atoms with van der Waals surface area (Å²) in [5.74, 6) is -3.21. The topological polar surface area (TPSA) is 77.9 Å². The first-order valence-electron chi connectivity index (χ1n) is 6.70. The maximum atomic E-state index is 13.2. The van der Waals surface area contributed by atoms with E-state index in [0.717, 1.165) is 12.1 Å². The number of hydrogen-bond acceptors (Lipinski definition) is 4. The molecule has 1 fully saturated rings. The first-order chi connectivity index (χ1) is 10.3. The van der Waals surface area contributed by atoms with Gasteiger partial charge < -0.3 is 10.0 Å². The standard InChI is InChI=1S/C13H16F2N2O4S/c14-11-2-1-10(9-12(11)15)22(20,21)17-7-5-16(6-8-17)4-3-13(18)19/h1-2,9H,3-8H2,(H,18,19). The fourth-order valence-electron chi connectivity index (χ4n) is 2.23. The minimum Gasteiger partial charge on any atom is -0.481 e. The van der Waals surface area contributed by atoms with Crippen LogP contribution in [0.1, 0.15) is 6.42 Å². The molecule has 1 aliphatic rings. The maximum Gasteiger partial charge on any atom is 0.304 e. The second-order valence-corrected chi connectivity index (χ2v) is 6.90. The number of carboxylic acids is 1. The molecule has 1 N–H and O–H groups in total. The zero-order chi connectivity index (χ0) is 16.3. The number of carbonyl (C=O) groups is 1. The summed E-state index contributed by atoms with van der Waals surface area (Å²) in [6.07, 6.45) is -0.00404. The molecule has 0 atom stereocenters. The van der Waals surface area contributed by atoms with Crippen molar-refractivity contribution in [3.8, 4) is 0 Å². The van der Waals surface area contributed by atoms with E-state index in [-0.39, 0.29) is 24.4 Å². The molecular formula is C13H16F2N2O4S. The number of nitrogens with zero attached hydrogens (tertiary/aromatic N) is 2. The molecule has 0 amide bonds. The molecule has 0 saturated carbocycles. The first-order valence-corrected chi connectivity index (χ1v) is 8.14. The molecule has 1 saturated heterocycles. The SMILES string of the molecule is O=C(O)CCN1CCN(S(=O)(=O)c2ccc(F)c(F)c2)CC1. The number of halogens is 2.